The van der Waals surface area contributed by atoms with E-state index in [9.17, 15) is 15.2 Å². The van der Waals surface area contributed by atoms with Crippen LogP contribution in [-0.4, -0.2) is 27.7 Å². The van der Waals surface area contributed by atoms with Gasteiger partial charge in [0, 0.05) is 18.5 Å². The molecule has 1 saturated carbocycles. The average molecular weight is 237 g/mol. The normalized spacial score (nSPS) is 23.6. The van der Waals surface area contributed by atoms with Crippen molar-refractivity contribution in [3.05, 3.63) is 28.4 Å². The van der Waals surface area contributed by atoms with Crippen LogP contribution in [0.15, 0.2) is 18.3 Å². The minimum absolute atomic E-state index is 0.0172. The molecule has 2 unspecified atom stereocenters. The Kier molecular flexibility index (Phi) is 3.53. The van der Waals surface area contributed by atoms with Gasteiger partial charge in [0.05, 0.1) is 11.0 Å². The summed E-state index contributed by atoms with van der Waals surface area (Å²) in [5.41, 5.74) is -0.0172. The molecule has 2 rings (SSSR count). The van der Waals surface area contributed by atoms with Gasteiger partial charge in [0.25, 0.3) is 5.69 Å². The number of nitrogens with zero attached hydrogens (tertiary/aromatic N) is 2. The summed E-state index contributed by atoms with van der Waals surface area (Å²) >= 11 is 0. The van der Waals surface area contributed by atoms with Crippen LogP contribution in [0.25, 0.3) is 0 Å². The number of nitro groups is 1. The maximum atomic E-state index is 10.4. The van der Waals surface area contributed by atoms with Crippen molar-refractivity contribution in [1.29, 1.82) is 0 Å². The Bertz CT molecular complexity index is 393. The van der Waals surface area contributed by atoms with Gasteiger partial charge in [-0.1, -0.05) is 6.42 Å². The molecule has 0 aliphatic heterocycles. The number of nitrogens with one attached hydrogen (secondary N) is 1. The van der Waals surface area contributed by atoms with E-state index in [4.69, 9.17) is 0 Å². The van der Waals surface area contributed by atoms with Gasteiger partial charge in [0.1, 0.15) is 12.0 Å². The highest BCUT2D eigenvalue weighted by Gasteiger charge is 2.24. The number of anilines is 1. The number of aromatic nitrogens is 1. The molecule has 1 aromatic rings. The van der Waals surface area contributed by atoms with Crippen molar-refractivity contribution in [3.8, 4) is 0 Å². The van der Waals surface area contributed by atoms with E-state index in [-0.39, 0.29) is 17.7 Å². The first-order valence-corrected chi connectivity index (χ1v) is 5.69. The highest BCUT2D eigenvalue weighted by Crippen LogP contribution is 2.25. The van der Waals surface area contributed by atoms with Crippen LogP contribution < -0.4 is 5.32 Å². The molecule has 2 N–H and O–H groups in total. The van der Waals surface area contributed by atoms with Crippen LogP contribution in [0, 0.1) is 16.0 Å². The molecule has 1 heterocycles. The van der Waals surface area contributed by atoms with Crippen LogP contribution in [0.4, 0.5) is 11.5 Å². The van der Waals surface area contributed by atoms with Crippen molar-refractivity contribution in [3.63, 3.8) is 0 Å². The molecule has 1 aromatic heterocycles. The molecule has 92 valence electrons. The van der Waals surface area contributed by atoms with Gasteiger partial charge in [0.2, 0.25) is 0 Å². The van der Waals surface area contributed by atoms with Gasteiger partial charge in [-0.25, -0.2) is 4.98 Å². The number of pyridine rings is 1. The maximum Gasteiger partial charge on any atom is 0.287 e. The van der Waals surface area contributed by atoms with Crippen LogP contribution >= 0.6 is 0 Å². The summed E-state index contributed by atoms with van der Waals surface area (Å²) in [7, 11) is 0. The van der Waals surface area contributed by atoms with Crippen LogP contribution in [0.3, 0.4) is 0 Å². The van der Waals surface area contributed by atoms with E-state index in [2.05, 4.69) is 10.3 Å². The van der Waals surface area contributed by atoms with E-state index in [0.717, 1.165) is 19.3 Å². The Hall–Kier alpha value is -1.69. The minimum atomic E-state index is -0.475. The summed E-state index contributed by atoms with van der Waals surface area (Å²) in [6.45, 7) is 0.659. The molecule has 6 heteroatoms. The van der Waals surface area contributed by atoms with Crippen molar-refractivity contribution in [2.75, 3.05) is 11.9 Å². The van der Waals surface area contributed by atoms with Gasteiger partial charge in [-0.15, -0.1) is 0 Å². The minimum Gasteiger partial charge on any atom is -0.393 e. The van der Waals surface area contributed by atoms with Crippen molar-refractivity contribution in [2.45, 2.75) is 25.4 Å². The zero-order valence-corrected chi connectivity index (χ0v) is 9.37. The molecule has 0 spiro atoms. The molecule has 0 bridgehead atoms. The summed E-state index contributed by atoms with van der Waals surface area (Å²) in [6.07, 6.45) is 3.93. The Morgan fingerprint density at radius 1 is 1.53 bits per heavy atom. The standard InChI is InChI=1S/C11H15N3O3/c15-10-3-1-2-8(10)6-12-11-5-4-9(7-13-11)14(16)17/h4-5,7-8,10,15H,1-3,6H2,(H,12,13). The lowest BCUT2D eigenvalue weighted by atomic mass is 10.1. The fourth-order valence-corrected chi connectivity index (χ4v) is 2.09. The fraction of sp³-hybridized carbons (Fsp3) is 0.545. The Balaban J connectivity index is 1.88. The van der Waals surface area contributed by atoms with Crippen molar-refractivity contribution in [1.82, 2.24) is 4.98 Å². The Morgan fingerprint density at radius 2 is 2.35 bits per heavy atom. The molecule has 0 saturated heterocycles. The van der Waals surface area contributed by atoms with Crippen LogP contribution in [0.1, 0.15) is 19.3 Å². The lowest BCUT2D eigenvalue weighted by Gasteiger charge is -2.15. The van der Waals surface area contributed by atoms with Crippen molar-refractivity contribution in [2.24, 2.45) is 5.92 Å². The lowest BCUT2D eigenvalue weighted by Crippen LogP contribution is -2.22. The molecule has 2 atom stereocenters. The third-order valence-corrected chi connectivity index (χ3v) is 3.12. The molecule has 0 aromatic carbocycles. The van der Waals surface area contributed by atoms with Crippen LogP contribution in [0.5, 0.6) is 0 Å². The second kappa shape index (κ2) is 5.09. The summed E-state index contributed by atoms with van der Waals surface area (Å²) in [4.78, 5) is 13.9. The molecule has 1 aliphatic rings. The molecule has 0 amide bonds. The molecular weight excluding hydrogens is 222 g/mol. The molecule has 6 nitrogen and oxygen atoms in total. The van der Waals surface area contributed by atoms with Crippen molar-refractivity contribution >= 4 is 11.5 Å². The first-order chi connectivity index (χ1) is 8.16. The summed E-state index contributed by atoms with van der Waals surface area (Å²) in [5.74, 6) is 0.863. The third-order valence-electron chi connectivity index (χ3n) is 3.12. The molecule has 0 radical (unpaired) electrons. The second-order valence-corrected chi connectivity index (χ2v) is 4.30. The van der Waals surface area contributed by atoms with Gasteiger partial charge in [0.15, 0.2) is 0 Å². The smallest absolute Gasteiger partial charge is 0.287 e. The molecule has 1 fully saturated rings. The Labute approximate surface area is 98.8 Å². The highest BCUT2D eigenvalue weighted by atomic mass is 16.6. The molecule has 1 aliphatic carbocycles. The fourth-order valence-electron chi connectivity index (χ4n) is 2.09. The third kappa shape index (κ3) is 2.91. The molecular formula is C11H15N3O3. The number of rotatable bonds is 4. The first kappa shape index (κ1) is 11.8. The predicted molar refractivity (Wildman–Crippen MR) is 62.7 cm³/mol. The first-order valence-electron chi connectivity index (χ1n) is 5.69. The monoisotopic (exact) mass is 237 g/mol. The van der Waals surface area contributed by atoms with Gasteiger partial charge in [-0.05, 0) is 18.9 Å². The van der Waals surface area contributed by atoms with E-state index in [1.165, 1.54) is 12.3 Å². The van der Waals surface area contributed by atoms with Crippen LogP contribution in [0.2, 0.25) is 0 Å². The number of hydrogen-bond donors (Lipinski definition) is 2. The highest BCUT2D eigenvalue weighted by molar-refractivity contribution is 5.40. The second-order valence-electron chi connectivity index (χ2n) is 4.30. The quantitative estimate of drug-likeness (QED) is 0.612. The van der Waals surface area contributed by atoms with E-state index in [0.29, 0.717) is 12.4 Å². The Morgan fingerprint density at radius 3 is 2.88 bits per heavy atom. The topological polar surface area (TPSA) is 88.3 Å². The lowest BCUT2D eigenvalue weighted by molar-refractivity contribution is -0.385. The SMILES string of the molecule is O=[N+]([O-])c1ccc(NCC2CCCC2O)nc1. The van der Waals surface area contributed by atoms with E-state index in [1.807, 2.05) is 0 Å². The zero-order chi connectivity index (χ0) is 12.3. The van der Waals surface area contributed by atoms with Gasteiger partial charge in [-0.3, -0.25) is 10.1 Å². The summed E-state index contributed by atoms with van der Waals surface area (Å²) in [6, 6.07) is 3.00. The van der Waals surface area contributed by atoms with Gasteiger partial charge < -0.3 is 10.4 Å². The van der Waals surface area contributed by atoms with E-state index in [1.54, 1.807) is 6.07 Å². The van der Waals surface area contributed by atoms with Gasteiger partial charge in [-0.2, -0.15) is 0 Å². The number of aliphatic hydroxyl groups is 1. The van der Waals surface area contributed by atoms with E-state index < -0.39 is 4.92 Å². The number of aliphatic hydroxyl groups excluding tert-OH is 1. The number of hydrogen-bond acceptors (Lipinski definition) is 5. The van der Waals surface area contributed by atoms with Gasteiger partial charge >= 0.3 is 0 Å². The van der Waals surface area contributed by atoms with Crippen LogP contribution in [-0.2, 0) is 0 Å². The maximum absolute atomic E-state index is 10.4. The van der Waals surface area contributed by atoms with Crippen molar-refractivity contribution < 1.29 is 10.0 Å². The summed E-state index contributed by atoms with van der Waals surface area (Å²) in [5, 5.41) is 23.2. The zero-order valence-electron chi connectivity index (χ0n) is 9.37. The summed E-state index contributed by atoms with van der Waals surface area (Å²) < 4.78 is 0. The average Bonchev–Trinajstić information content (AvgIpc) is 2.73. The predicted octanol–water partition coefficient (Wildman–Crippen LogP) is 1.56. The molecule has 17 heavy (non-hydrogen) atoms. The largest absolute Gasteiger partial charge is 0.393 e. The van der Waals surface area contributed by atoms with E-state index >= 15 is 0 Å².